The van der Waals surface area contributed by atoms with Crippen LogP contribution < -0.4 is 0 Å². The first-order chi connectivity index (χ1) is 6.76. The van der Waals surface area contributed by atoms with Gasteiger partial charge in [-0.05, 0) is 17.9 Å². The highest BCUT2D eigenvalue weighted by molar-refractivity contribution is 7.09. The summed E-state index contributed by atoms with van der Waals surface area (Å²) in [5.41, 5.74) is 0. The lowest BCUT2D eigenvalue weighted by molar-refractivity contribution is 0.124. The van der Waals surface area contributed by atoms with Crippen LogP contribution in [0.3, 0.4) is 0 Å². The maximum atomic E-state index is 5.33. The van der Waals surface area contributed by atoms with Crippen molar-refractivity contribution in [3.8, 4) is 0 Å². The van der Waals surface area contributed by atoms with Gasteiger partial charge in [-0.25, -0.2) is 0 Å². The molecule has 0 unspecified atom stereocenters. The SMILES string of the molecule is CO[Si](CCc1cccs1)(OC)OC. The molecule has 1 aromatic rings. The van der Waals surface area contributed by atoms with E-state index in [0.29, 0.717) is 0 Å². The zero-order chi connectivity index (χ0) is 10.4. The molecule has 0 aromatic carbocycles. The van der Waals surface area contributed by atoms with Gasteiger partial charge in [0.05, 0.1) is 0 Å². The second-order valence-electron chi connectivity index (χ2n) is 2.87. The molecule has 0 aliphatic rings. The Balaban J connectivity index is 2.48. The Labute approximate surface area is 90.0 Å². The summed E-state index contributed by atoms with van der Waals surface area (Å²) in [6.45, 7) is 0. The Morgan fingerprint density at radius 2 is 1.86 bits per heavy atom. The topological polar surface area (TPSA) is 27.7 Å². The average molecular weight is 232 g/mol. The van der Waals surface area contributed by atoms with E-state index in [4.69, 9.17) is 13.3 Å². The summed E-state index contributed by atoms with van der Waals surface area (Å²) in [7, 11) is 2.57. The summed E-state index contributed by atoms with van der Waals surface area (Å²) >= 11 is 1.75. The third-order valence-corrected chi connectivity index (χ3v) is 5.86. The molecule has 80 valence electrons. The second kappa shape index (κ2) is 5.62. The van der Waals surface area contributed by atoms with Crippen molar-refractivity contribution < 1.29 is 13.3 Å². The Kier molecular flexibility index (Phi) is 4.77. The molecule has 3 nitrogen and oxygen atoms in total. The van der Waals surface area contributed by atoms with Gasteiger partial charge >= 0.3 is 8.80 Å². The van der Waals surface area contributed by atoms with E-state index in [1.807, 2.05) is 0 Å². The van der Waals surface area contributed by atoms with Crippen molar-refractivity contribution in [1.82, 2.24) is 0 Å². The molecule has 0 atom stereocenters. The maximum absolute atomic E-state index is 5.33. The van der Waals surface area contributed by atoms with Crippen molar-refractivity contribution in [3.63, 3.8) is 0 Å². The van der Waals surface area contributed by atoms with Gasteiger partial charge in [-0.1, -0.05) is 6.07 Å². The van der Waals surface area contributed by atoms with Gasteiger partial charge in [0, 0.05) is 32.3 Å². The minimum absolute atomic E-state index is 0.830. The maximum Gasteiger partial charge on any atom is 0.500 e. The number of hydrogen-bond acceptors (Lipinski definition) is 4. The Bertz CT molecular complexity index is 238. The minimum Gasteiger partial charge on any atom is -0.377 e. The smallest absolute Gasteiger partial charge is 0.377 e. The number of aryl methyl sites for hydroxylation is 1. The minimum atomic E-state index is -2.37. The van der Waals surface area contributed by atoms with Crippen LogP contribution in [0.4, 0.5) is 0 Å². The summed E-state index contributed by atoms with van der Waals surface area (Å²) in [5.74, 6) is 0. The lowest BCUT2D eigenvalue weighted by Crippen LogP contribution is -2.43. The summed E-state index contributed by atoms with van der Waals surface area (Å²) in [6.07, 6.45) is 0.958. The van der Waals surface area contributed by atoms with Crippen LogP contribution in [0.5, 0.6) is 0 Å². The van der Waals surface area contributed by atoms with E-state index in [0.717, 1.165) is 12.5 Å². The first-order valence-corrected chi connectivity index (χ1v) is 7.25. The van der Waals surface area contributed by atoms with E-state index < -0.39 is 8.80 Å². The third kappa shape index (κ3) is 2.89. The van der Waals surface area contributed by atoms with Gasteiger partial charge in [-0.2, -0.15) is 0 Å². The predicted molar refractivity (Wildman–Crippen MR) is 59.6 cm³/mol. The highest BCUT2D eigenvalue weighted by Gasteiger charge is 2.37. The Hall–Kier alpha value is -0.203. The van der Waals surface area contributed by atoms with Crippen LogP contribution in [-0.4, -0.2) is 30.1 Å². The highest BCUT2D eigenvalue weighted by atomic mass is 32.1. The van der Waals surface area contributed by atoms with E-state index in [-0.39, 0.29) is 0 Å². The molecule has 0 amide bonds. The predicted octanol–water partition coefficient (Wildman–Crippen LogP) is 2.17. The normalized spacial score (nSPS) is 11.9. The molecule has 1 heterocycles. The van der Waals surface area contributed by atoms with E-state index >= 15 is 0 Å². The van der Waals surface area contributed by atoms with Gasteiger partial charge in [0.1, 0.15) is 0 Å². The fraction of sp³-hybridized carbons (Fsp3) is 0.556. The second-order valence-corrected chi connectivity index (χ2v) is 7.00. The van der Waals surface area contributed by atoms with Crippen molar-refractivity contribution in [1.29, 1.82) is 0 Å². The van der Waals surface area contributed by atoms with Crippen molar-refractivity contribution in [2.75, 3.05) is 21.3 Å². The molecule has 5 heteroatoms. The molecule has 1 rings (SSSR count). The monoisotopic (exact) mass is 232 g/mol. The van der Waals surface area contributed by atoms with Gasteiger partial charge in [0.15, 0.2) is 0 Å². The van der Waals surface area contributed by atoms with Gasteiger partial charge < -0.3 is 13.3 Å². The summed E-state index contributed by atoms with van der Waals surface area (Å²) in [4.78, 5) is 1.34. The molecule has 0 saturated carbocycles. The van der Waals surface area contributed by atoms with E-state index in [1.54, 1.807) is 32.7 Å². The third-order valence-electron chi connectivity index (χ3n) is 2.19. The molecule has 1 aromatic heterocycles. The van der Waals surface area contributed by atoms with Crippen LogP contribution in [0.25, 0.3) is 0 Å². The summed E-state index contributed by atoms with van der Waals surface area (Å²) < 4.78 is 16.0. The van der Waals surface area contributed by atoms with Crippen LogP contribution in [0.1, 0.15) is 4.88 Å². The van der Waals surface area contributed by atoms with E-state index in [9.17, 15) is 0 Å². The Morgan fingerprint density at radius 1 is 1.21 bits per heavy atom. The standard InChI is InChI=1S/C9H16O3SSi/c1-10-14(11-2,12-3)8-6-9-5-4-7-13-9/h4-5,7H,6,8H2,1-3H3. The number of thiophene rings is 1. The van der Waals surface area contributed by atoms with Crippen molar-refractivity contribution in [2.45, 2.75) is 12.5 Å². The van der Waals surface area contributed by atoms with E-state index in [1.165, 1.54) is 4.88 Å². The summed E-state index contributed by atoms with van der Waals surface area (Å²) in [6, 6.07) is 5.00. The van der Waals surface area contributed by atoms with Crippen molar-refractivity contribution >= 4 is 20.1 Å². The lowest BCUT2D eigenvalue weighted by atomic mass is 10.4. The lowest BCUT2D eigenvalue weighted by Gasteiger charge is -2.23. The molecule has 0 bridgehead atoms. The van der Waals surface area contributed by atoms with Crippen LogP contribution in [-0.2, 0) is 19.7 Å². The molecular weight excluding hydrogens is 216 g/mol. The number of hydrogen-bond donors (Lipinski definition) is 0. The zero-order valence-corrected chi connectivity index (χ0v) is 10.6. The first-order valence-electron chi connectivity index (χ1n) is 4.44. The highest BCUT2D eigenvalue weighted by Crippen LogP contribution is 2.19. The molecule has 0 aliphatic heterocycles. The zero-order valence-electron chi connectivity index (χ0n) is 8.78. The molecule has 14 heavy (non-hydrogen) atoms. The first kappa shape index (κ1) is 11.9. The quantitative estimate of drug-likeness (QED) is 0.704. The Morgan fingerprint density at radius 3 is 2.29 bits per heavy atom. The fourth-order valence-electron chi connectivity index (χ4n) is 1.29. The fourth-order valence-corrected chi connectivity index (χ4v) is 3.87. The molecule has 0 aliphatic carbocycles. The number of rotatable bonds is 6. The van der Waals surface area contributed by atoms with Crippen LogP contribution in [0, 0.1) is 0 Å². The average Bonchev–Trinajstić information content (AvgIpc) is 2.74. The van der Waals surface area contributed by atoms with Gasteiger partial charge in [0.2, 0.25) is 0 Å². The van der Waals surface area contributed by atoms with Crippen molar-refractivity contribution in [3.05, 3.63) is 22.4 Å². The molecule has 0 fully saturated rings. The van der Waals surface area contributed by atoms with Crippen molar-refractivity contribution in [2.24, 2.45) is 0 Å². The van der Waals surface area contributed by atoms with Crippen LogP contribution >= 0.6 is 11.3 Å². The van der Waals surface area contributed by atoms with Crippen LogP contribution in [0.15, 0.2) is 17.5 Å². The largest absolute Gasteiger partial charge is 0.500 e. The molecule has 0 N–H and O–H groups in total. The summed E-state index contributed by atoms with van der Waals surface area (Å²) in [5, 5.41) is 2.07. The molecule has 0 spiro atoms. The van der Waals surface area contributed by atoms with Gasteiger partial charge in [-0.3, -0.25) is 0 Å². The molecule has 0 saturated heterocycles. The van der Waals surface area contributed by atoms with Gasteiger partial charge in [0.25, 0.3) is 0 Å². The molecule has 0 radical (unpaired) electrons. The van der Waals surface area contributed by atoms with E-state index in [2.05, 4.69) is 17.5 Å². The molecular formula is C9H16O3SSi. The van der Waals surface area contributed by atoms with Gasteiger partial charge in [-0.15, -0.1) is 11.3 Å². The van der Waals surface area contributed by atoms with Crippen LogP contribution in [0.2, 0.25) is 6.04 Å².